The summed E-state index contributed by atoms with van der Waals surface area (Å²) in [5.41, 5.74) is 0.948. The molecule has 0 fully saturated rings. The Hall–Kier alpha value is -4.04. The number of carbonyl (C=O) groups excluding carboxylic acids is 1. The van der Waals surface area contributed by atoms with Crippen molar-refractivity contribution < 1.29 is 31.1 Å². The number of halogens is 3. The van der Waals surface area contributed by atoms with E-state index in [0.29, 0.717) is 22.7 Å². The maximum atomic E-state index is 13.5. The Balaban J connectivity index is 1.63. The van der Waals surface area contributed by atoms with Crippen LogP contribution in [0, 0.1) is 17.2 Å². The van der Waals surface area contributed by atoms with E-state index in [1.807, 2.05) is 24.8 Å². The summed E-state index contributed by atoms with van der Waals surface area (Å²) in [5.74, 6) is -0.142. The molecule has 11 heteroatoms. The maximum absolute atomic E-state index is 13.5. The van der Waals surface area contributed by atoms with Crippen LogP contribution >= 0.6 is 0 Å². The van der Waals surface area contributed by atoms with Crippen LogP contribution in [0.5, 0.6) is 5.75 Å². The molecule has 1 aliphatic heterocycles. The minimum atomic E-state index is -4.50. The highest BCUT2D eigenvalue weighted by molar-refractivity contribution is 7.91. The molecule has 0 aromatic heterocycles. The van der Waals surface area contributed by atoms with Gasteiger partial charge in [-0.05, 0) is 60.0 Å². The number of carbonyl (C=O) groups is 1. The lowest BCUT2D eigenvalue weighted by atomic mass is 9.98. The second-order valence-corrected chi connectivity index (χ2v) is 12.4. The highest BCUT2D eigenvalue weighted by atomic mass is 32.2. The second-order valence-electron chi connectivity index (χ2n) is 10.1. The molecule has 0 saturated heterocycles. The van der Waals surface area contributed by atoms with E-state index in [-0.39, 0.29) is 41.2 Å². The molecule has 0 saturated carbocycles. The molecule has 1 amide bonds. The van der Waals surface area contributed by atoms with Crippen molar-refractivity contribution in [1.29, 1.82) is 5.26 Å². The van der Waals surface area contributed by atoms with Gasteiger partial charge in [0.2, 0.25) is 0 Å². The lowest BCUT2D eigenvalue weighted by Gasteiger charge is -2.41. The number of ether oxygens (including phenoxy) is 1. The first-order chi connectivity index (χ1) is 19.4. The van der Waals surface area contributed by atoms with Crippen LogP contribution in [-0.4, -0.2) is 32.7 Å². The minimum absolute atomic E-state index is 0.0473. The Morgan fingerprint density at radius 1 is 1.12 bits per heavy atom. The molecule has 1 N–H and O–H groups in total. The van der Waals surface area contributed by atoms with Crippen LogP contribution in [-0.2, 0) is 16.0 Å². The average Bonchev–Trinajstić information content (AvgIpc) is 2.95. The number of anilines is 2. The molecule has 0 spiro atoms. The van der Waals surface area contributed by atoms with E-state index < -0.39 is 33.5 Å². The lowest BCUT2D eigenvalue weighted by Crippen LogP contribution is -2.43. The molecule has 0 bridgehead atoms. The monoisotopic (exact) mass is 585 g/mol. The van der Waals surface area contributed by atoms with Crippen molar-refractivity contribution in [3.63, 3.8) is 0 Å². The molecule has 2 atom stereocenters. The predicted octanol–water partition coefficient (Wildman–Crippen LogP) is 6.44. The molecule has 0 aliphatic carbocycles. The second kappa shape index (κ2) is 11.8. The molecule has 1 heterocycles. The highest BCUT2D eigenvalue weighted by Gasteiger charge is 2.35. The molecular formula is C30H30F3N3O4S. The van der Waals surface area contributed by atoms with Gasteiger partial charge in [0, 0.05) is 11.3 Å². The summed E-state index contributed by atoms with van der Waals surface area (Å²) in [6.45, 7) is 5.67. The molecule has 0 radical (unpaired) electrons. The van der Waals surface area contributed by atoms with Crippen molar-refractivity contribution in [1.82, 2.24) is 5.32 Å². The number of rotatable bonds is 8. The third-order valence-corrected chi connectivity index (χ3v) is 8.82. The SMILES string of the molecule is CCS(=O)(=O)c1ccc(C(CC#N)NC(=O)c2ccc3c(c2)OCC(C(C)C)N3c2cccc(C(F)(F)F)c2)cc1. The largest absolute Gasteiger partial charge is 0.489 e. The van der Waals surface area contributed by atoms with Gasteiger partial charge in [0.25, 0.3) is 5.91 Å². The van der Waals surface area contributed by atoms with Gasteiger partial charge in [-0.2, -0.15) is 18.4 Å². The fraction of sp³-hybridized carbons (Fsp3) is 0.333. The summed E-state index contributed by atoms with van der Waals surface area (Å²) in [6, 6.07) is 17.0. The zero-order chi connectivity index (χ0) is 29.9. The van der Waals surface area contributed by atoms with Gasteiger partial charge in [-0.25, -0.2) is 8.42 Å². The molecule has 3 aromatic rings. The minimum Gasteiger partial charge on any atom is -0.489 e. The Bertz CT molecular complexity index is 1570. The Morgan fingerprint density at radius 3 is 2.44 bits per heavy atom. The molecule has 216 valence electrons. The topological polar surface area (TPSA) is 99.5 Å². The average molecular weight is 586 g/mol. The summed E-state index contributed by atoms with van der Waals surface area (Å²) in [5, 5.41) is 12.2. The number of hydrogen-bond donors (Lipinski definition) is 1. The number of alkyl halides is 3. The zero-order valence-corrected chi connectivity index (χ0v) is 23.6. The van der Waals surface area contributed by atoms with Crippen LogP contribution in [0.1, 0.15) is 54.7 Å². The fourth-order valence-electron chi connectivity index (χ4n) is 4.71. The highest BCUT2D eigenvalue weighted by Crippen LogP contribution is 2.43. The molecule has 7 nitrogen and oxygen atoms in total. The number of hydrogen-bond acceptors (Lipinski definition) is 6. The van der Waals surface area contributed by atoms with Crippen LogP contribution < -0.4 is 15.0 Å². The van der Waals surface area contributed by atoms with Crippen LogP contribution in [0.25, 0.3) is 0 Å². The number of amides is 1. The molecule has 2 unspecified atom stereocenters. The van der Waals surface area contributed by atoms with Gasteiger partial charge in [0.05, 0.1) is 46.5 Å². The third-order valence-electron chi connectivity index (χ3n) is 7.07. The molecule has 4 rings (SSSR count). The summed E-state index contributed by atoms with van der Waals surface area (Å²) >= 11 is 0. The first kappa shape index (κ1) is 29.9. The van der Waals surface area contributed by atoms with Crippen molar-refractivity contribution in [2.24, 2.45) is 5.92 Å². The number of nitrogens with zero attached hydrogens (tertiary/aromatic N) is 2. The molecular weight excluding hydrogens is 555 g/mol. The zero-order valence-electron chi connectivity index (χ0n) is 22.8. The van der Waals surface area contributed by atoms with E-state index in [9.17, 15) is 31.6 Å². The van der Waals surface area contributed by atoms with Crippen molar-refractivity contribution in [2.75, 3.05) is 17.3 Å². The van der Waals surface area contributed by atoms with Gasteiger partial charge in [0.15, 0.2) is 9.84 Å². The quantitative estimate of drug-likeness (QED) is 0.327. The Labute approximate surface area is 237 Å². The third kappa shape index (κ3) is 6.49. The van der Waals surface area contributed by atoms with E-state index in [0.717, 1.165) is 12.1 Å². The maximum Gasteiger partial charge on any atom is 0.416 e. The van der Waals surface area contributed by atoms with Gasteiger partial charge < -0.3 is 15.0 Å². The van der Waals surface area contributed by atoms with Crippen LogP contribution in [0.4, 0.5) is 24.5 Å². The van der Waals surface area contributed by atoms with Crippen LogP contribution in [0.3, 0.4) is 0 Å². The summed E-state index contributed by atoms with van der Waals surface area (Å²) in [7, 11) is -3.40. The summed E-state index contributed by atoms with van der Waals surface area (Å²) < 4.78 is 70.6. The fourth-order valence-corrected chi connectivity index (χ4v) is 5.59. The standard InChI is InChI=1S/C30H30F3N3O4S/c1-4-41(38,39)24-11-8-20(9-12-24)25(14-15-34)35-29(37)21-10-13-26-28(16-21)40-18-27(19(2)3)36(26)23-7-5-6-22(17-23)30(31,32)33/h5-13,16-17,19,25,27H,4,14,18H2,1-3H3,(H,35,37). The number of nitrogens with one attached hydrogen (secondary N) is 1. The Kier molecular flexibility index (Phi) is 8.63. The van der Waals surface area contributed by atoms with Gasteiger partial charge in [0.1, 0.15) is 12.4 Å². The van der Waals surface area contributed by atoms with Gasteiger partial charge >= 0.3 is 6.18 Å². The Morgan fingerprint density at radius 2 is 1.83 bits per heavy atom. The van der Waals surface area contributed by atoms with E-state index in [2.05, 4.69) is 5.32 Å². The first-order valence-corrected chi connectivity index (χ1v) is 14.7. The van der Waals surface area contributed by atoms with Crippen molar-refractivity contribution in [2.45, 2.75) is 50.3 Å². The van der Waals surface area contributed by atoms with Gasteiger partial charge in [-0.1, -0.05) is 39.0 Å². The van der Waals surface area contributed by atoms with Crippen molar-refractivity contribution >= 4 is 27.1 Å². The smallest absolute Gasteiger partial charge is 0.416 e. The van der Waals surface area contributed by atoms with Crippen LogP contribution in [0.15, 0.2) is 71.6 Å². The van der Waals surface area contributed by atoms with E-state index in [1.165, 1.54) is 24.3 Å². The lowest BCUT2D eigenvalue weighted by molar-refractivity contribution is -0.137. The molecule has 41 heavy (non-hydrogen) atoms. The molecule has 3 aromatic carbocycles. The van der Waals surface area contributed by atoms with E-state index in [4.69, 9.17) is 4.74 Å². The van der Waals surface area contributed by atoms with Crippen LogP contribution in [0.2, 0.25) is 0 Å². The van der Waals surface area contributed by atoms with Gasteiger partial charge in [-0.15, -0.1) is 0 Å². The van der Waals surface area contributed by atoms with Gasteiger partial charge in [-0.3, -0.25) is 4.79 Å². The summed E-state index contributed by atoms with van der Waals surface area (Å²) in [6.07, 6.45) is -4.54. The number of fused-ring (bicyclic) bond motifs is 1. The number of benzene rings is 3. The number of nitriles is 1. The normalized spacial score (nSPS) is 16.0. The van der Waals surface area contributed by atoms with Crippen molar-refractivity contribution in [3.05, 3.63) is 83.4 Å². The summed E-state index contributed by atoms with van der Waals surface area (Å²) in [4.78, 5) is 15.2. The van der Waals surface area contributed by atoms with Crippen molar-refractivity contribution in [3.8, 4) is 11.8 Å². The number of sulfone groups is 1. The molecule has 1 aliphatic rings. The first-order valence-electron chi connectivity index (χ1n) is 13.1. The van der Waals surface area contributed by atoms with E-state index in [1.54, 1.807) is 37.3 Å². The van der Waals surface area contributed by atoms with E-state index >= 15 is 0 Å². The predicted molar refractivity (Wildman–Crippen MR) is 149 cm³/mol.